The zero-order chi connectivity index (χ0) is 7.98. The second-order valence-electron chi connectivity index (χ2n) is 1.98. The van der Waals surface area contributed by atoms with Gasteiger partial charge in [-0.3, -0.25) is 0 Å². The van der Waals surface area contributed by atoms with Crippen LogP contribution in [0.2, 0.25) is 0 Å². The summed E-state index contributed by atoms with van der Waals surface area (Å²) < 4.78 is 4.42. The summed E-state index contributed by atoms with van der Waals surface area (Å²) in [7, 11) is 3.75. The Hall–Kier alpha value is -1.19. The van der Waals surface area contributed by atoms with Gasteiger partial charge in [0.1, 0.15) is 6.61 Å². The van der Waals surface area contributed by atoms with Crippen LogP contribution in [0.25, 0.3) is 0 Å². The topological polar surface area (TPSA) is 55.6 Å². The van der Waals surface area contributed by atoms with Gasteiger partial charge in [0, 0.05) is 14.1 Å². The van der Waals surface area contributed by atoms with E-state index in [-0.39, 0.29) is 6.61 Å². The highest BCUT2D eigenvalue weighted by Crippen LogP contribution is 1.79. The number of hydrogen-bond acceptors (Lipinski definition) is 3. The third-order valence-corrected chi connectivity index (χ3v) is 0.725. The van der Waals surface area contributed by atoms with E-state index in [1.807, 2.05) is 19.0 Å². The van der Waals surface area contributed by atoms with Crippen molar-refractivity contribution in [2.45, 2.75) is 0 Å². The number of nitrogens with two attached hydrogens (primary N) is 1. The molecule has 4 nitrogen and oxygen atoms in total. The molecule has 0 spiro atoms. The molecule has 0 rings (SSSR count). The maximum Gasteiger partial charge on any atom is 0.404 e. The lowest BCUT2D eigenvalue weighted by molar-refractivity contribution is 0.169. The van der Waals surface area contributed by atoms with Crippen LogP contribution in [0.5, 0.6) is 0 Å². The van der Waals surface area contributed by atoms with Gasteiger partial charge in [0.05, 0.1) is 0 Å². The van der Waals surface area contributed by atoms with Gasteiger partial charge in [0.2, 0.25) is 0 Å². The fraction of sp³-hybridized carbons (Fsp3) is 0.500. The van der Waals surface area contributed by atoms with Gasteiger partial charge >= 0.3 is 6.09 Å². The van der Waals surface area contributed by atoms with Crippen LogP contribution in [-0.2, 0) is 4.74 Å². The van der Waals surface area contributed by atoms with Gasteiger partial charge in [-0.25, -0.2) is 4.79 Å². The average Bonchev–Trinajstić information content (AvgIpc) is 1.79. The van der Waals surface area contributed by atoms with E-state index in [0.717, 1.165) is 0 Å². The molecule has 0 aliphatic rings. The summed E-state index contributed by atoms with van der Waals surface area (Å²) in [5.41, 5.74) is 4.70. The SMILES string of the molecule is CN(C)C=CCOC(N)=O. The van der Waals surface area contributed by atoms with Crippen molar-refractivity contribution in [3.63, 3.8) is 0 Å². The normalized spacial score (nSPS) is 9.80. The molecule has 0 saturated carbocycles. The highest BCUT2D eigenvalue weighted by Gasteiger charge is 1.86. The molecule has 0 aromatic heterocycles. The lowest BCUT2D eigenvalue weighted by Crippen LogP contribution is -2.13. The first kappa shape index (κ1) is 8.81. The van der Waals surface area contributed by atoms with Gasteiger partial charge < -0.3 is 15.4 Å². The Morgan fingerprint density at radius 3 is 2.70 bits per heavy atom. The molecule has 0 bridgehead atoms. The number of rotatable bonds is 3. The standard InChI is InChI=1S/C6H12N2O2/c1-8(2)4-3-5-10-6(7)9/h3-4H,5H2,1-2H3,(H2,7,9). The first-order chi connectivity index (χ1) is 4.63. The van der Waals surface area contributed by atoms with Crippen molar-refractivity contribution < 1.29 is 9.53 Å². The molecule has 0 radical (unpaired) electrons. The van der Waals surface area contributed by atoms with Crippen molar-refractivity contribution >= 4 is 6.09 Å². The Morgan fingerprint density at radius 1 is 1.70 bits per heavy atom. The Labute approximate surface area is 60.2 Å². The van der Waals surface area contributed by atoms with Crippen molar-refractivity contribution in [1.29, 1.82) is 0 Å². The van der Waals surface area contributed by atoms with E-state index in [9.17, 15) is 4.79 Å². The van der Waals surface area contributed by atoms with E-state index in [2.05, 4.69) is 4.74 Å². The van der Waals surface area contributed by atoms with Gasteiger partial charge in [-0.2, -0.15) is 0 Å². The largest absolute Gasteiger partial charge is 0.445 e. The molecule has 58 valence electrons. The molecular formula is C6H12N2O2. The van der Waals surface area contributed by atoms with Crippen molar-refractivity contribution in [2.75, 3.05) is 20.7 Å². The molecule has 0 heterocycles. The highest BCUT2D eigenvalue weighted by atomic mass is 16.5. The zero-order valence-electron chi connectivity index (χ0n) is 6.20. The molecule has 0 aliphatic carbocycles. The van der Waals surface area contributed by atoms with Crippen LogP contribution < -0.4 is 5.73 Å². The van der Waals surface area contributed by atoms with Crippen LogP contribution in [0.3, 0.4) is 0 Å². The quantitative estimate of drug-likeness (QED) is 0.613. The Bertz CT molecular complexity index is 132. The molecule has 10 heavy (non-hydrogen) atoms. The van der Waals surface area contributed by atoms with E-state index in [4.69, 9.17) is 5.73 Å². The number of hydrogen-bond donors (Lipinski definition) is 1. The van der Waals surface area contributed by atoms with Crippen LogP contribution in [0.4, 0.5) is 4.79 Å². The molecule has 4 heteroatoms. The Kier molecular flexibility index (Phi) is 4.11. The molecule has 0 aromatic rings. The summed E-state index contributed by atoms with van der Waals surface area (Å²) >= 11 is 0. The molecule has 0 unspecified atom stereocenters. The van der Waals surface area contributed by atoms with Crippen molar-refractivity contribution in [1.82, 2.24) is 4.90 Å². The number of amides is 1. The molecule has 0 aromatic carbocycles. The van der Waals surface area contributed by atoms with Gasteiger partial charge in [-0.15, -0.1) is 0 Å². The van der Waals surface area contributed by atoms with Crippen LogP contribution in [0, 0.1) is 0 Å². The van der Waals surface area contributed by atoms with Crippen molar-refractivity contribution in [3.8, 4) is 0 Å². The summed E-state index contributed by atoms with van der Waals surface area (Å²) in [5, 5.41) is 0. The second-order valence-corrected chi connectivity index (χ2v) is 1.98. The van der Waals surface area contributed by atoms with Gasteiger partial charge in [0.15, 0.2) is 0 Å². The summed E-state index contributed by atoms with van der Waals surface area (Å²) in [6, 6.07) is 0. The Morgan fingerprint density at radius 2 is 2.30 bits per heavy atom. The number of ether oxygens (including phenoxy) is 1. The minimum atomic E-state index is -0.747. The van der Waals surface area contributed by atoms with Gasteiger partial charge in [-0.05, 0) is 12.3 Å². The van der Waals surface area contributed by atoms with Gasteiger partial charge in [0.25, 0.3) is 0 Å². The van der Waals surface area contributed by atoms with Crippen LogP contribution >= 0.6 is 0 Å². The summed E-state index contributed by atoms with van der Waals surface area (Å²) in [4.78, 5) is 11.8. The van der Waals surface area contributed by atoms with Crippen molar-refractivity contribution in [2.24, 2.45) is 5.73 Å². The van der Waals surface area contributed by atoms with E-state index in [0.29, 0.717) is 0 Å². The predicted octanol–water partition coefficient (Wildman–Crippen LogP) is 0.157. The molecule has 0 saturated heterocycles. The number of primary amides is 1. The van der Waals surface area contributed by atoms with Crippen molar-refractivity contribution in [3.05, 3.63) is 12.3 Å². The molecule has 0 aliphatic heterocycles. The molecule has 2 N–H and O–H groups in total. The third kappa shape index (κ3) is 6.81. The maximum absolute atomic E-state index is 10.00. The fourth-order valence-electron chi connectivity index (χ4n) is 0.384. The first-order valence-corrected chi connectivity index (χ1v) is 2.88. The van der Waals surface area contributed by atoms with E-state index >= 15 is 0 Å². The second kappa shape index (κ2) is 4.67. The molecule has 1 amide bonds. The number of carbonyl (C=O) groups excluding carboxylic acids is 1. The monoisotopic (exact) mass is 144 g/mol. The highest BCUT2D eigenvalue weighted by molar-refractivity contribution is 5.64. The zero-order valence-corrected chi connectivity index (χ0v) is 6.20. The number of carbonyl (C=O) groups is 1. The smallest absolute Gasteiger partial charge is 0.404 e. The first-order valence-electron chi connectivity index (χ1n) is 2.88. The van der Waals surface area contributed by atoms with E-state index in [1.54, 1.807) is 12.3 Å². The summed E-state index contributed by atoms with van der Waals surface area (Å²) in [5.74, 6) is 0. The minimum absolute atomic E-state index is 0.230. The molecule has 0 fully saturated rings. The maximum atomic E-state index is 10.00. The van der Waals surface area contributed by atoms with Crippen LogP contribution in [-0.4, -0.2) is 31.7 Å². The summed E-state index contributed by atoms with van der Waals surface area (Å²) in [6.45, 7) is 0.230. The summed E-state index contributed by atoms with van der Waals surface area (Å²) in [6.07, 6.45) is 2.73. The van der Waals surface area contributed by atoms with E-state index < -0.39 is 6.09 Å². The predicted molar refractivity (Wildman–Crippen MR) is 38.4 cm³/mol. The molecule has 0 atom stereocenters. The average molecular weight is 144 g/mol. The third-order valence-electron chi connectivity index (χ3n) is 0.725. The van der Waals surface area contributed by atoms with Gasteiger partial charge in [-0.1, -0.05) is 0 Å². The lowest BCUT2D eigenvalue weighted by atomic mass is 10.6. The Balaban J connectivity index is 3.27. The lowest BCUT2D eigenvalue weighted by Gasteiger charge is -2.02. The number of nitrogens with zero attached hydrogens (tertiary/aromatic N) is 1. The minimum Gasteiger partial charge on any atom is -0.445 e. The molecular weight excluding hydrogens is 132 g/mol. The van der Waals surface area contributed by atoms with Crippen LogP contribution in [0.15, 0.2) is 12.3 Å². The van der Waals surface area contributed by atoms with Crippen LogP contribution in [0.1, 0.15) is 0 Å². The fourth-order valence-corrected chi connectivity index (χ4v) is 0.384. The van der Waals surface area contributed by atoms with E-state index in [1.165, 1.54) is 0 Å².